The van der Waals surface area contributed by atoms with Gasteiger partial charge in [0.15, 0.2) is 5.76 Å². The summed E-state index contributed by atoms with van der Waals surface area (Å²) < 4.78 is 5.28. The van der Waals surface area contributed by atoms with Crippen molar-refractivity contribution >= 4 is 11.3 Å². The van der Waals surface area contributed by atoms with Crippen LogP contribution in [0.25, 0.3) is 11.5 Å². The summed E-state index contributed by atoms with van der Waals surface area (Å²) in [5.74, 6) is 0.844. The predicted octanol–water partition coefficient (Wildman–Crippen LogP) is 2.68. The molecule has 2 rings (SSSR count). The molecule has 0 amide bonds. The number of nitrogens with zero attached hydrogens (tertiary/aromatic N) is 1. The molecule has 80 valence electrons. The molecule has 2 aromatic heterocycles. The van der Waals surface area contributed by atoms with Crippen molar-refractivity contribution in [2.24, 2.45) is 5.73 Å². The molecular formula is C11H14N2OS. The van der Waals surface area contributed by atoms with Crippen molar-refractivity contribution in [3.8, 4) is 11.5 Å². The van der Waals surface area contributed by atoms with Crippen LogP contribution in [0.4, 0.5) is 0 Å². The van der Waals surface area contributed by atoms with Crippen LogP contribution < -0.4 is 5.73 Å². The Kier molecular flexibility index (Phi) is 3.53. The fraction of sp³-hybridized carbons (Fsp3) is 0.364. The molecule has 0 saturated heterocycles. The smallest absolute Gasteiger partial charge is 0.153 e. The van der Waals surface area contributed by atoms with Gasteiger partial charge in [0.1, 0.15) is 5.69 Å². The zero-order valence-corrected chi connectivity index (χ0v) is 9.30. The highest BCUT2D eigenvalue weighted by Gasteiger charge is 2.05. The molecule has 0 radical (unpaired) electrons. The van der Waals surface area contributed by atoms with Gasteiger partial charge >= 0.3 is 0 Å². The van der Waals surface area contributed by atoms with Crippen LogP contribution in [0.3, 0.4) is 0 Å². The average Bonchev–Trinajstić information content (AvgIpc) is 2.87. The van der Waals surface area contributed by atoms with Crippen LogP contribution in [0.15, 0.2) is 28.2 Å². The quantitative estimate of drug-likeness (QED) is 0.791. The Balaban J connectivity index is 1.98. The van der Waals surface area contributed by atoms with Gasteiger partial charge in [0.2, 0.25) is 0 Å². The van der Waals surface area contributed by atoms with Crippen molar-refractivity contribution in [3.05, 3.63) is 28.8 Å². The number of nitrogens with two attached hydrogens (primary N) is 1. The number of unbranched alkanes of at least 4 members (excludes halogenated alkanes) is 1. The van der Waals surface area contributed by atoms with Crippen LogP contribution in [-0.4, -0.2) is 11.5 Å². The minimum atomic E-state index is 0.760. The van der Waals surface area contributed by atoms with E-state index in [0.717, 1.165) is 42.3 Å². The zero-order valence-electron chi connectivity index (χ0n) is 8.48. The first-order valence-electron chi connectivity index (χ1n) is 5.08. The lowest BCUT2D eigenvalue weighted by molar-refractivity contribution is 0.580. The van der Waals surface area contributed by atoms with E-state index in [1.165, 1.54) is 0 Å². The highest BCUT2D eigenvalue weighted by Crippen LogP contribution is 2.22. The van der Waals surface area contributed by atoms with Crippen molar-refractivity contribution in [1.82, 2.24) is 4.98 Å². The van der Waals surface area contributed by atoms with Crippen molar-refractivity contribution in [2.45, 2.75) is 19.3 Å². The minimum absolute atomic E-state index is 0.760. The molecule has 3 nitrogen and oxygen atoms in total. The van der Waals surface area contributed by atoms with Gasteiger partial charge in [-0.3, -0.25) is 0 Å². The van der Waals surface area contributed by atoms with Crippen LogP contribution in [0.2, 0.25) is 0 Å². The molecule has 0 spiro atoms. The molecule has 2 N–H and O–H groups in total. The van der Waals surface area contributed by atoms with Crippen molar-refractivity contribution in [1.29, 1.82) is 0 Å². The molecule has 0 aromatic carbocycles. The monoisotopic (exact) mass is 222 g/mol. The van der Waals surface area contributed by atoms with E-state index in [0.29, 0.717) is 0 Å². The first kappa shape index (κ1) is 10.4. The largest absolute Gasteiger partial charge is 0.463 e. The Hall–Kier alpha value is -1.13. The molecule has 0 aliphatic heterocycles. The Morgan fingerprint density at radius 2 is 2.33 bits per heavy atom. The highest BCUT2D eigenvalue weighted by molar-refractivity contribution is 7.09. The van der Waals surface area contributed by atoms with Crippen molar-refractivity contribution in [2.75, 3.05) is 6.54 Å². The Bertz CT molecular complexity index is 394. The number of aryl methyl sites for hydroxylation is 1. The molecule has 0 atom stereocenters. The topological polar surface area (TPSA) is 52.0 Å². The van der Waals surface area contributed by atoms with Gasteiger partial charge in [0.05, 0.1) is 11.3 Å². The summed E-state index contributed by atoms with van der Waals surface area (Å²) in [6, 6.07) is 3.81. The third-order valence-corrected chi connectivity index (χ3v) is 3.08. The lowest BCUT2D eigenvalue weighted by Crippen LogP contribution is -1.98. The number of rotatable bonds is 5. The number of thiazole rings is 1. The summed E-state index contributed by atoms with van der Waals surface area (Å²) in [6.45, 7) is 0.760. The maximum absolute atomic E-state index is 5.44. The first-order chi connectivity index (χ1) is 7.40. The number of aromatic nitrogens is 1. The standard InChI is InChI=1S/C11H14N2OS/c12-6-2-1-5-11-13-9(8-15-11)10-4-3-7-14-10/h3-4,7-8H,1-2,5-6,12H2. The van der Waals surface area contributed by atoms with Crippen molar-refractivity contribution in [3.63, 3.8) is 0 Å². The van der Waals surface area contributed by atoms with E-state index in [1.807, 2.05) is 17.5 Å². The molecule has 0 saturated carbocycles. The van der Waals surface area contributed by atoms with Gasteiger partial charge in [-0.05, 0) is 37.9 Å². The third kappa shape index (κ3) is 2.67. The normalized spacial score (nSPS) is 10.7. The van der Waals surface area contributed by atoms with Gasteiger partial charge in [-0.15, -0.1) is 11.3 Å². The van der Waals surface area contributed by atoms with E-state index < -0.39 is 0 Å². The van der Waals surface area contributed by atoms with Gasteiger partial charge in [-0.2, -0.15) is 0 Å². The molecule has 0 aliphatic rings. The second kappa shape index (κ2) is 5.09. The summed E-state index contributed by atoms with van der Waals surface area (Å²) in [6.07, 6.45) is 4.86. The first-order valence-corrected chi connectivity index (χ1v) is 5.96. The van der Waals surface area contributed by atoms with Gasteiger partial charge in [0.25, 0.3) is 0 Å². The molecular weight excluding hydrogens is 208 g/mol. The zero-order chi connectivity index (χ0) is 10.5. The van der Waals surface area contributed by atoms with E-state index >= 15 is 0 Å². The summed E-state index contributed by atoms with van der Waals surface area (Å²) in [5, 5.41) is 3.20. The van der Waals surface area contributed by atoms with Crippen LogP contribution in [0, 0.1) is 0 Å². The maximum Gasteiger partial charge on any atom is 0.153 e. The maximum atomic E-state index is 5.44. The fourth-order valence-electron chi connectivity index (χ4n) is 1.38. The molecule has 2 heterocycles. The average molecular weight is 222 g/mol. The van der Waals surface area contributed by atoms with Crippen LogP contribution in [-0.2, 0) is 6.42 Å². The summed E-state index contributed by atoms with van der Waals surface area (Å²) >= 11 is 1.69. The Morgan fingerprint density at radius 3 is 3.07 bits per heavy atom. The lowest BCUT2D eigenvalue weighted by atomic mass is 10.2. The van der Waals surface area contributed by atoms with Gasteiger partial charge in [0, 0.05) is 5.38 Å². The molecule has 0 bridgehead atoms. The third-order valence-electron chi connectivity index (χ3n) is 2.17. The van der Waals surface area contributed by atoms with Crippen molar-refractivity contribution < 1.29 is 4.42 Å². The molecule has 4 heteroatoms. The predicted molar refractivity (Wildman–Crippen MR) is 61.8 cm³/mol. The Labute approximate surface area is 92.9 Å². The van der Waals surface area contributed by atoms with Crippen LogP contribution in [0.1, 0.15) is 17.8 Å². The number of hydrogen-bond donors (Lipinski definition) is 1. The van der Waals surface area contributed by atoms with E-state index in [-0.39, 0.29) is 0 Å². The van der Waals surface area contributed by atoms with Gasteiger partial charge in [-0.25, -0.2) is 4.98 Å². The second-order valence-electron chi connectivity index (χ2n) is 3.35. The van der Waals surface area contributed by atoms with Gasteiger partial charge < -0.3 is 10.2 Å². The summed E-state index contributed by atoms with van der Waals surface area (Å²) in [4.78, 5) is 4.51. The number of furan rings is 1. The Morgan fingerprint density at radius 1 is 1.40 bits per heavy atom. The van der Waals surface area contributed by atoms with E-state index in [1.54, 1.807) is 17.6 Å². The van der Waals surface area contributed by atoms with Crippen LogP contribution in [0.5, 0.6) is 0 Å². The van der Waals surface area contributed by atoms with Crippen LogP contribution >= 0.6 is 11.3 Å². The summed E-state index contributed by atoms with van der Waals surface area (Å²) in [5.41, 5.74) is 6.38. The molecule has 2 aromatic rings. The van der Waals surface area contributed by atoms with E-state index in [4.69, 9.17) is 10.2 Å². The summed E-state index contributed by atoms with van der Waals surface area (Å²) in [7, 11) is 0. The second-order valence-corrected chi connectivity index (χ2v) is 4.29. The molecule has 0 unspecified atom stereocenters. The van der Waals surface area contributed by atoms with E-state index in [2.05, 4.69) is 4.98 Å². The fourth-order valence-corrected chi connectivity index (χ4v) is 2.21. The van der Waals surface area contributed by atoms with Gasteiger partial charge in [-0.1, -0.05) is 0 Å². The molecule has 0 aliphatic carbocycles. The SMILES string of the molecule is NCCCCc1nc(-c2ccco2)cs1. The highest BCUT2D eigenvalue weighted by atomic mass is 32.1. The molecule has 0 fully saturated rings. The van der Waals surface area contributed by atoms with E-state index in [9.17, 15) is 0 Å². The lowest BCUT2D eigenvalue weighted by Gasteiger charge is -1.93. The molecule has 15 heavy (non-hydrogen) atoms. The number of hydrogen-bond acceptors (Lipinski definition) is 4. The minimum Gasteiger partial charge on any atom is -0.463 e.